The van der Waals surface area contributed by atoms with Crippen molar-refractivity contribution in [2.45, 2.75) is 31.7 Å². The highest BCUT2D eigenvalue weighted by Crippen LogP contribution is 2.19. The summed E-state index contributed by atoms with van der Waals surface area (Å²) in [7, 11) is -4.10. The predicted octanol–water partition coefficient (Wildman–Crippen LogP) is 0.936. The number of benzene rings is 1. The van der Waals surface area contributed by atoms with Crippen LogP contribution in [0.5, 0.6) is 0 Å². The van der Waals surface area contributed by atoms with Crippen LogP contribution in [0.3, 0.4) is 0 Å². The van der Waals surface area contributed by atoms with Crippen LogP contribution in [-0.2, 0) is 14.8 Å². The molecule has 3 N–H and O–H groups in total. The van der Waals surface area contributed by atoms with Gasteiger partial charge >= 0.3 is 0 Å². The van der Waals surface area contributed by atoms with Gasteiger partial charge in [-0.1, -0.05) is 0 Å². The van der Waals surface area contributed by atoms with Crippen LogP contribution in [0.2, 0.25) is 0 Å². The maximum absolute atomic E-state index is 13.7. The predicted molar refractivity (Wildman–Crippen MR) is 75.9 cm³/mol. The van der Waals surface area contributed by atoms with E-state index in [4.69, 9.17) is 9.88 Å². The Bertz CT molecular complexity index is 631. The highest BCUT2D eigenvalue weighted by Gasteiger charge is 2.19. The van der Waals surface area contributed by atoms with Crippen molar-refractivity contribution in [3.05, 3.63) is 29.1 Å². The molecule has 0 aliphatic heterocycles. The topological polar surface area (TPSA) is 98.5 Å². The molecule has 0 aliphatic carbocycles. The molecule has 0 bridgehead atoms. The summed E-state index contributed by atoms with van der Waals surface area (Å²) in [4.78, 5) is 11.6. The Balaban J connectivity index is 3.04. The molecule has 118 valence electrons. The van der Waals surface area contributed by atoms with Gasteiger partial charge in [0.25, 0.3) is 5.91 Å². The van der Waals surface area contributed by atoms with E-state index in [2.05, 4.69) is 5.32 Å². The van der Waals surface area contributed by atoms with Crippen LogP contribution in [0.25, 0.3) is 0 Å². The van der Waals surface area contributed by atoms with Gasteiger partial charge in [-0.15, -0.1) is 0 Å². The zero-order valence-electron chi connectivity index (χ0n) is 12.1. The number of primary sulfonamides is 1. The fourth-order valence-corrected chi connectivity index (χ4v) is 2.54. The average molecular weight is 318 g/mol. The Kier molecular flexibility index (Phi) is 5.82. The lowest BCUT2D eigenvalue weighted by Gasteiger charge is -2.14. The number of rotatable bonds is 6. The smallest absolute Gasteiger partial charge is 0.251 e. The van der Waals surface area contributed by atoms with Crippen LogP contribution in [0.1, 0.15) is 29.8 Å². The number of sulfonamides is 1. The van der Waals surface area contributed by atoms with Crippen molar-refractivity contribution < 1.29 is 22.3 Å². The van der Waals surface area contributed by atoms with Crippen molar-refractivity contribution >= 4 is 15.9 Å². The molecule has 0 fully saturated rings. The second-order valence-corrected chi connectivity index (χ2v) is 6.19. The maximum Gasteiger partial charge on any atom is 0.251 e. The number of carbonyl (C=O) groups is 1. The van der Waals surface area contributed by atoms with Gasteiger partial charge in [0.15, 0.2) is 0 Å². The monoisotopic (exact) mass is 318 g/mol. The normalized spacial score (nSPS) is 13.0. The lowest BCUT2D eigenvalue weighted by Crippen LogP contribution is -2.36. The maximum atomic E-state index is 13.7. The third kappa shape index (κ3) is 4.76. The van der Waals surface area contributed by atoms with E-state index in [0.29, 0.717) is 13.2 Å². The van der Waals surface area contributed by atoms with Crippen LogP contribution in [0.4, 0.5) is 4.39 Å². The van der Waals surface area contributed by atoms with E-state index in [0.717, 1.165) is 12.1 Å². The fourth-order valence-electron chi connectivity index (χ4n) is 1.72. The Morgan fingerprint density at radius 3 is 2.62 bits per heavy atom. The first-order valence-corrected chi connectivity index (χ1v) is 7.93. The standard InChI is InChI=1S/C13H19FN2O4S/c1-4-20-7-8(2)16-13(17)10-5-11(14)9(3)12(6-10)21(15,18)19/h5-6,8H,4,7H2,1-3H3,(H,16,17)(H2,15,18,19). The first-order valence-electron chi connectivity index (χ1n) is 6.38. The van der Waals surface area contributed by atoms with Crippen LogP contribution < -0.4 is 10.5 Å². The van der Waals surface area contributed by atoms with E-state index < -0.39 is 26.6 Å². The Labute approximate surface area is 123 Å². The van der Waals surface area contributed by atoms with E-state index in [1.54, 1.807) is 6.92 Å². The molecule has 1 unspecified atom stereocenters. The molecular weight excluding hydrogens is 299 g/mol. The first-order chi connectivity index (χ1) is 9.66. The van der Waals surface area contributed by atoms with E-state index in [9.17, 15) is 17.6 Å². The summed E-state index contributed by atoms with van der Waals surface area (Å²) in [5.74, 6) is -1.39. The Morgan fingerprint density at radius 1 is 1.48 bits per heavy atom. The average Bonchev–Trinajstić information content (AvgIpc) is 2.37. The molecule has 0 heterocycles. The minimum absolute atomic E-state index is 0.106. The fraction of sp³-hybridized carbons (Fsp3) is 0.462. The van der Waals surface area contributed by atoms with Gasteiger partial charge in [0.1, 0.15) is 5.82 Å². The van der Waals surface area contributed by atoms with Gasteiger partial charge in [-0.3, -0.25) is 4.79 Å². The second kappa shape index (κ2) is 6.97. The third-order valence-corrected chi connectivity index (χ3v) is 3.85. The van der Waals surface area contributed by atoms with Gasteiger partial charge in [-0.05, 0) is 32.9 Å². The minimum atomic E-state index is -4.10. The van der Waals surface area contributed by atoms with E-state index >= 15 is 0 Å². The third-order valence-electron chi connectivity index (χ3n) is 2.81. The summed E-state index contributed by atoms with van der Waals surface area (Å²) in [5, 5.41) is 7.61. The molecule has 0 spiro atoms. The number of halogens is 1. The number of carbonyl (C=O) groups excluding carboxylic acids is 1. The summed E-state index contributed by atoms with van der Waals surface area (Å²) in [5.41, 5.74) is -0.220. The second-order valence-electron chi connectivity index (χ2n) is 4.66. The Morgan fingerprint density at radius 2 is 2.10 bits per heavy atom. The van der Waals surface area contributed by atoms with Gasteiger partial charge in [0.2, 0.25) is 10.0 Å². The van der Waals surface area contributed by atoms with Crippen LogP contribution >= 0.6 is 0 Å². The lowest BCUT2D eigenvalue weighted by molar-refractivity contribution is 0.0871. The van der Waals surface area contributed by atoms with E-state index in [1.807, 2.05) is 6.92 Å². The van der Waals surface area contributed by atoms with Crippen LogP contribution in [0.15, 0.2) is 17.0 Å². The molecule has 1 amide bonds. The summed E-state index contributed by atoms with van der Waals surface area (Å²) in [6, 6.07) is 1.75. The molecule has 1 rings (SSSR count). The van der Waals surface area contributed by atoms with Crippen LogP contribution in [0, 0.1) is 12.7 Å². The lowest BCUT2D eigenvalue weighted by atomic mass is 10.1. The zero-order valence-corrected chi connectivity index (χ0v) is 13.0. The van der Waals surface area contributed by atoms with Crippen molar-refractivity contribution in [3.8, 4) is 0 Å². The highest BCUT2D eigenvalue weighted by atomic mass is 32.2. The van der Waals surface area contributed by atoms with Crippen molar-refractivity contribution in [2.75, 3.05) is 13.2 Å². The van der Waals surface area contributed by atoms with E-state index in [-0.39, 0.29) is 17.2 Å². The van der Waals surface area contributed by atoms with Gasteiger partial charge in [0.05, 0.1) is 11.5 Å². The zero-order chi connectivity index (χ0) is 16.2. The van der Waals surface area contributed by atoms with Crippen molar-refractivity contribution in [1.29, 1.82) is 0 Å². The van der Waals surface area contributed by atoms with Crippen LogP contribution in [-0.4, -0.2) is 33.6 Å². The molecule has 1 atom stereocenters. The SMILES string of the molecule is CCOCC(C)NC(=O)c1cc(F)c(C)c(S(N)(=O)=O)c1. The number of amides is 1. The van der Waals surface area contributed by atoms with Gasteiger partial charge in [-0.2, -0.15) is 0 Å². The van der Waals surface area contributed by atoms with Gasteiger partial charge < -0.3 is 10.1 Å². The molecule has 0 aromatic heterocycles. The Hall–Kier alpha value is -1.51. The molecule has 0 radical (unpaired) electrons. The molecule has 1 aromatic rings. The minimum Gasteiger partial charge on any atom is -0.380 e. The number of nitrogens with one attached hydrogen (secondary N) is 1. The van der Waals surface area contributed by atoms with Crippen molar-refractivity contribution in [2.24, 2.45) is 5.14 Å². The molecule has 21 heavy (non-hydrogen) atoms. The quantitative estimate of drug-likeness (QED) is 0.815. The van der Waals surface area contributed by atoms with E-state index in [1.165, 1.54) is 6.92 Å². The largest absolute Gasteiger partial charge is 0.380 e. The van der Waals surface area contributed by atoms with Gasteiger partial charge in [0, 0.05) is 23.8 Å². The first kappa shape index (κ1) is 17.5. The van der Waals surface area contributed by atoms with Crippen molar-refractivity contribution in [3.63, 3.8) is 0 Å². The highest BCUT2D eigenvalue weighted by molar-refractivity contribution is 7.89. The summed E-state index contributed by atoms with van der Waals surface area (Å²) >= 11 is 0. The number of ether oxygens (including phenoxy) is 1. The molecule has 0 saturated carbocycles. The number of hydrogen-bond acceptors (Lipinski definition) is 4. The molecule has 8 heteroatoms. The molecule has 0 aliphatic rings. The molecule has 1 aromatic carbocycles. The van der Waals surface area contributed by atoms with Crippen molar-refractivity contribution in [1.82, 2.24) is 5.32 Å². The number of nitrogens with two attached hydrogens (primary N) is 1. The summed E-state index contributed by atoms with van der Waals surface area (Å²) < 4.78 is 41.7. The molecule has 6 nitrogen and oxygen atoms in total. The molecular formula is C13H19FN2O4S. The van der Waals surface area contributed by atoms with Gasteiger partial charge in [-0.25, -0.2) is 17.9 Å². The number of hydrogen-bond donors (Lipinski definition) is 2. The summed E-state index contributed by atoms with van der Waals surface area (Å²) in [6.45, 7) is 5.64. The molecule has 0 saturated heterocycles. The summed E-state index contributed by atoms with van der Waals surface area (Å²) in [6.07, 6.45) is 0.